The van der Waals surface area contributed by atoms with Gasteiger partial charge in [-0.2, -0.15) is 5.26 Å². The number of hydrogen-bond donors (Lipinski definition) is 1. The quantitative estimate of drug-likeness (QED) is 0.320. The predicted molar refractivity (Wildman–Crippen MR) is 101 cm³/mol. The Labute approximate surface area is 162 Å². The Kier molecular flexibility index (Phi) is 6.33. The Morgan fingerprint density at radius 3 is 2.69 bits per heavy atom. The van der Waals surface area contributed by atoms with Gasteiger partial charge in [-0.05, 0) is 51.8 Å². The van der Waals surface area contributed by atoms with Crippen molar-refractivity contribution >= 4 is 50.9 Å². The average Bonchev–Trinajstić information content (AvgIpc) is 2.61. The van der Waals surface area contributed by atoms with Crippen molar-refractivity contribution in [2.75, 3.05) is 12.4 Å². The molecule has 0 radical (unpaired) electrons. The maximum Gasteiger partial charge on any atom is 0.294 e. The Bertz CT molecular complexity index is 954. The first-order valence-electron chi connectivity index (χ1n) is 7.06. The van der Waals surface area contributed by atoms with Gasteiger partial charge in [0.05, 0.1) is 16.5 Å². The molecule has 0 aliphatic heterocycles. The van der Waals surface area contributed by atoms with Gasteiger partial charge in [0, 0.05) is 11.1 Å². The summed E-state index contributed by atoms with van der Waals surface area (Å²) in [6, 6.07) is 10.6. The number of ether oxygens (including phenoxy) is 1. The fourth-order valence-corrected chi connectivity index (χ4v) is 2.76. The first-order valence-corrected chi connectivity index (χ1v) is 8.23. The number of amides is 1. The van der Waals surface area contributed by atoms with E-state index in [1.54, 1.807) is 24.3 Å². The van der Waals surface area contributed by atoms with E-state index in [0.717, 1.165) is 6.07 Å². The van der Waals surface area contributed by atoms with Gasteiger partial charge in [0.1, 0.15) is 23.1 Å². The van der Waals surface area contributed by atoms with Gasteiger partial charge < -0.3 is 10.1 Å². The third-order valence-corrected chi connectivity index (χ3v) is 4.11. The van der Waals surface area contributed by atoms with Crippen molar-refractivity contribution in [2.24, 2.45) is 0 Å². The minimum atomic E-state index is -0.773. The van der Waals surface area contributed by atoms with E-state index < -0.39 is 10.8 Å². The summed E-state index contributed by atoms with van der Waals surface area (Å²) >= 11 is 9.06. The van der Waals surface area contributed by atoms with Crippen LogP contribution in [0.15, 0.2) is 46.4 Å². The molecule has 1 N–H and O–H groups in total. The molecule has 1 amide bonds. The van der Waals surface area contributed by atoms with Gasteiger partial charge in [-0.3, -0.25) is 14.9 Å². The number of halogens is 2. The van der Waals surface area contributed by atoms with Crippen LogP contribution in [0, 0.1) is 21.4 Å². The monoisotopic (exact) mass is 435 g/mol. The van der Waals surface area contributed by atoms with E-state index >= 15 is 0 Å². The molecule has 2 aromatic carbocycles. The van der Waals surface area contributed by atoms with Crippen LogP contribution in [0.4, 0.5) is 11.4 Å². The SMILES string of the molecule is COc1ccc(C=C(C#N)C(=O)Nc2ccc(Cl)cc2[N+](=O)[O-])cc1Br. The summed E-state index contributed by atoms with van der Waals surface area (Å²) < 4.78 is 5.77. The lowest BCUT2D eigenvalue weighted by Crippen LogP contribution is -2.14. The molecule has 0 aromatic heterocycles. The highest BCUT2D eigenvalue weighted by molar-refractivity contribution is 9.10. The van der Waals surface area contributed by atoms with Crippen molar-refractivity contribution in [3.8, 4) is 11.8 Å². The summed E-state index contributed by atoms with van der Waals surface area (Å²) in [5, 5.41) is 22.9. The molecule has 0 spiro atoms. The Hall–Kier alpha value is -2.89. The van der Waals surface area contributed by atoms with Gasteiger partial charge in [0.25, 0.3) is 11.6 Å². The van der Waals surface area contributed by atoms with E-state index in [0.29, 0.717) is 15.8 Å². The number of nitrogens with zero attached hydrogens (tertiary/aromatic N) is 2. The van der Waals surface area contributed by atoms with Crippen molar-refractivity contribution in [2.45, 2.75) is 0 Å². The maximum absolute atomic E-state index is 12.3. The molecular weight excluding hydrogens is 426 g/mol. The third-order valence-electron chi connectivity index (χ3n) is 3.26. The zero-order chi connectivity index (χ0) is 19.3. The van der Waals surface area contributed by atoms with Crippen molar-refractivity contribution in [1.29, 1.82) is 5.26 Å². The molecule has 0 saturated carbocycles. The first-order chi connectivity index (χ1) is 12.3. The number of hydrogen-bond acceptors (Lipinski definition) is 5. The Balaban J connectivity index is 2.31. The minimum Gasteiger partial charge on any atom is -0.496 e. The number of carbonyl (C=O) groups is 1. The summed E-state index contributed by atoms with van der Waals surface area (Å²) in [4.78, 5) is 22.7. The number of nitriles is 1. The number of benzene rings is 2. The highest BCUT2D eigenvalue weighted by Crippen LogP contribution is 2.29. The summed E-state index contributed by atoms with van der Waals surface area (Å²) in [6.45, 7) is 0. The lowest BCUT2D eigenvalue weighted by Gasteiger charge is -2.06. The Morgan fingerprint density at radius 1 is 1.38 bits per heavy atom. The van der Waals surface area contributed by atoms with Gasteiger partial charge >= 0.3 is 0 Å². The lowest BCUT2D eigenvalue weighted by molar-refractivity contribution is -0.383. The van der Waals surface area contributed by atoms with Crippen LogP contribution >= 0.6 is 27.5 Å². The van der Waals surface area contributed by atoms with Crippen LogP contribution in [0.25, 0.3) is 6.08 Å². The van der Waals surface area contributed by atoms with Crippen LogP contribution in [-0.4, -0.2) is 17.9 Å². The first kappa shape index (κ1) is 19.4. The normalized spacial score (nSPS) is 10.8. The van der Waals surface area contributed by atoms with Crippen molar-refractivity contribution in [1.82, 2.24) is 0 Å². The second-order valence-corrected chi connectivity index (χ2v) is 6.23. The van der Waals surface area contributed by atoms with Crippen LogP contribution in [-0.2, 0) is 4.79 Å². The second kappa shape index (κ2) is 8.47. The number of rotatable bonds is 5. The van der Waals surface area contributed by atoms with Crippen LogP contribution in [0.3, 0.4) is 0 Å². The highest BCUT2D eigenvalue weighted by Gasteiger charge is 2.18. The van der Waals surface area contributed by atoms with Gasteiger partial charge in [-0.1, -0.05) is 17.7 Å². The predicted octanol–water partition coefficient (Wildman–Crippen LogP) is 4.56. The number of carbonyl (C=O) groups excluding carboxylic acids is 1. The molecule has 0 saturated heterocycles. The topological polar surface area (TPSA) is 105 Å². The average molecular weight is 437 g/mol. The molecule has 9 heteroatoms. The molecule has 0 aliphatic rings. The number of anilines is 1. The van der Waals surface area contributed by atoms with E-state index in [1.807, 2.05) is 0 Å². The fourth-order valence-electron chi connectivity index (χ4n) is 2.04. The molecule has 0 unspecified atom stereocenters. The Morgan fingerprint density at radius 2 is 2.12 bits per heavy atom. The van der Waals surface area contributed by atoms with E-state index in [4.69, 9.17) is 16.3 Å². The summed E-state index contributed by atoms with van der Waals surface area (Å²) in [7, 11) is 1.52. The zero-order valence-electron chi connectivity index (χ0n) is 13.3. The highest BCUT2D eigenvalue weighted by atomic mass is 79.9. The molecule has 2 rings (SSSR count). The molecule has 26 heavy (non-hydrogen) atoms. The van der Waals surface area contributed by atoms with Gasteiger partial charge in [0.2, 0.25) is 0 Å². The molecule has 0 bridgehead atoms. The van der Waals surface area contributed by atoms with Crippen LogP contribution in [0.5, 0.6) is 5.75 Å². The number of methoxy groups -OCH3 is 1. The smallest absolute Gasteiger partial charge is 0.294 e. The minimum absolute atomic E-state index is 0.0542. The zero-order valence-corrected chi connectivity index (χ0v) is 15.7. The van der Waals surface area contributed by atoms with Crippen molar-refractivity contribution in [3.63, 3.8) is 0 Å². The molecule has 0 atom stereocenters. The lowest BCUT2D eigenvalue weighted by atomic mass is 10.1. The largest absolute Gasteiger partial charge is 0.496 e. The second-order valence-electron chi connectivity index (χ2n) is 4.94. The molecule has 2 aromatic rings. The maximum atomic E-state index is 12.3. The summed E-state index contributed by atoms with van der Waals surface area (Å²) in [5.41, 5.74) is -0.0573. The van der Waals surface area contributed by atoms with Gasteiger partial charge in [-0.15, -0.1) is 0 Å². The van der Waals surface area contributed by atoms with E-state index in [9.17, 15) is 20.2 Å². The molecule has 132 valence electrons. The molecule has 7 nitrogen and oxygen atoms in total. The van der Waals surface area contributed by atoms with Crippen LogP contribution < -0.4 is 10.1 Å². The fraction of sp³-hybridized carbons (Fsp3) is 0.0588. The standard InChI is InChI=1S/C17H11BrClN3O4/c1-26-16-5-2-10(7-13(16)18)6-11(9-20)17(23)21-14-4-3-12(19)8-15(14)22(24)25/h2-8H,1H3,(H,21,23). The summed E-state index contributed by atoms with van der Waals surface area (Å²) in [6.07, 6.45) is 1.36. The van der Waals surface area contributed by atoms with Gasteiger partial charge in [0.15, 0.2) is 0 Å². The van der Waals surface area contributed by atoms with E-state index in [2.05, 4.69) is 21.2 Å². The molecule has 0 heterocycles. The van der Waals surface area contributed by atoms with Crippen molar-refractivity contribution < 1.29 is 14.5 Å². The van der Waals surface area contributed by atoms with E-state index in [1.165, 1.54) is 25.3 Å². The third kappa shape index (κ3) is 4.59. The number of nitro benzene ring substituents is 1. The molecule has 0 fully saturated rings. The summed E-state index contributed by atoms with van der Waals surface area (Å²) in [5.74, 6) is -0.174. The molecular formula is C17H11BrClN3O4. The van der Waals surface area contributed by atoms with Crippen LogP contribution in [0.1, 0.15) is 5.56 Å². The van der Waals surface area contributed by atoms with Gasteiger partial charge in [-0.25, -0.2) is 0 Å². The van der Waals surface area contributed by atoms with Crippen LogP contribution in [0.2, 0.25) is 5.02 Å². The number of nitrogens with one attached hydrogen (secondary N) is 1. The van der Waals surface area contributed by atoms with E-state index in [-0.39, 0.29) is 22.0 Å². The van der Waals surface area contributed by atoms with Crippen molar-refractivity contribution in [3.05, 3.63) is 67.1 Å². The number of nitro groups is 1. The molecule has 0 aliphatic carbocycles.